The second kappa shape index (κ2) is 4.23. The summed E-state index contributed by atoms with van der Waals surface area (Å²) in [4.78, 5) is 0. The van der Waals surface area contributed by atoms with Crippen LogP contribution in [0.25, 0.3) is 5.70 Å². The number of aromatic nitrogens is 2. The highest BCUT2D eigenvalue weighted by Gasteiger charge is 2.05. The highest BCUT2D eigenvalue weighted by Crippen LogP contribution is 2.20. The molecule has 0 bridgehead atoms. The molecule has 0 spiro atoms. The summed E-state index contributed by atoms with van der Waals surface area (Å²) in [7, 11) is 0. The summed E-state index contributed by atoms with van der Waals surface area (Å²) in [6, 6.07) is 8.12. The molecule has 0 amide bonds. The largest absolute Gasteiger partial charge is 0.354 e. The van der Waals surface area contributed by atoms with Crippen LogP contribution >= 0.6 is 0 Å². The zero-order valence-corrected chi connectivity index (χ0v) is 9.54. The lowest BCUT2D eigenvalue weighted by atomic mass is 10.2. The molecular weight excluding hydrogens is 198 g/mol. The van der Waals surface area contributed by atoms with Gasteiger partial charge in [0.05, 0.1) is 17.6 Å². The maximum Gasteiger partial charge on any atom is 0.0835 e. The molecule has 2 rings (SSSR count). The fourth-order valence-corrected chi connectivity index (χ4v) is 1.59. The van der Waals surface area contributed by atoms with Crippen molar-refractivity contribution in [2.24, 2.45) is 0 Å². The quantitative estimate of drug-likeness (QED) is 0.822. The minimum absolute atomic E-state index is 0.837. The minimum Gasteiger partial charge on any atom is -0.354 e. The number of anilines is 1. The van der Waals surface area contributed by atoms with Crippen LogP contribution in [0.5, 0.6) is 0 Å². The van der Waals surface area contributed by atoms with Gasteiger partial charge in [0.25, 0.3) is 0 Å². The lowest BCUT2D eigenvalue weighted by molar-refractivity contribution is 1.07. The van der Waals surface area contributed by atoms with Crippen LogP contribution in [0.2, 0.25) is 0 Å². The second-order valence-corrected chi connectivity index (χ2v) is 3.85. The van der Waals surface area contributed by atoms with Crippen LogP contribution < -0.4 is 5.32 Å². The van der Waals surface area contributed by atoms with Gasteiger partial charge in [0.1, 0.15) is 0 Å². The number of hydrogen-bond acceptors (Lipinski definition) is 2. The Balaban J connectivity index is 2.21. The second-order valence-electron chi connectivity index (χ2n) is 3.85. The highest BCUT2D eigenvalue weighted by atomic mass is 15.1. The third kappa shape index (κ3) is 1.98. The van der Waals surface area contributed by atoms with Gasteiger partial charge in [-0.3, -0.25) is 5.10 Å². The van der Waals surface area contributed by atoms with E-state index in [9.17, 15) is 0 Å². The predicted octanol–water partition coefficient (Wildman–Crippen LogP) is 3.11. The van der Waals surface area contributed by atoms with Crippen LogP contribution in [0.3, 0.4) is 0 Å². The molecule has 0 aliphatic rings. The van der Waals surface area contributed by atoms with Crippen molar-refractivity contribution in [3.8, 4) is 0 Å². The van der Waals surface area contributed by atoms with Gasteiger partial charge in [0.2, 0.25) is 0 Å². The summed E-state index contributed by atoms with van der Waals surface area (Å²) >= 11 is 0. The maximum atomic E-state index is 4.01. The molecule has 0 saturated heterocycles. The van der Waals surface area contributed by atoms with E-state index in [4.69, 9.17) is 0 Å². The van der Waals surface area contributed by atoms with Gasteiger partial charge in [-0.2, -0.15) is 5.10 Å². The maximum absolute atomic E-state index is 4.01. The first-order valence-corrected chi connectivity index (χ1v) is 5.20. The molecule has 0 saturated carbocycles. The molecule has 0 radical (unpaired) electrons. The smallest absolute Gasteiger partial charge is 0.0835 e. The van der Waals surface area contributed by atoms with E-state index in [0.717, 1.165) is 22.6 Å². The van der Waals surface area contributed by atoms with E-state index < -0.39 is 0 Å². The van der Waals surface area contributed by atoms with Gasteiger partial charge in [-0.15, -0.1) is 0 Å². The van der Waals surface area contributed by atoms with Crippen molar-refractivity contribution in [3.05, 3.63) is 53.9 Å². The molecule has 3 heteroatoms. The van der Waals surface area contributed by atoms with E-state index in [1.54, 1.807) is 6.20 Å². The van der Waals surface area contributed by atoms with Gasteiger partial charge in [0.15, 0.2) is 0 Å². The Morgan fingerprint density at radius 3 is 2.62 bits per heavy atom. The number of hydrogen-bond donors (Lipinski definition) is 2. The Morgan fingerprint density at radius 2 is 2.00 bits per heavy atom. The van der Waals surface area contributed by atoms with Gasteiger partial charge in [-0.05, 0) is 31.0 Å². The van der Waals surface area contributed by atoms with Crippen molar-refractivity contribution in [3.63, 3.8) is 0 Å². The standard InChI is InChI=1S/C13H15N3/c1-9-6-4-5-7-12(9)15-11(3)13-10(2)8-14-16-13/h4-8,15H,3H2,1-2H3,(H,14,16). The average molecular weight is 213 g/mol. The van der Waals surface area contributed by atoms with Crippen molar-refractivity contribution in [1.82, 2.24) is 10.2 Å². The van der Waals surface area contributed by atoms with E-state index in [1.165, 1.54) is 5.56 Å². The lowest BCUT2D eigenvalue weighted by Gasteiger charge is -2.11. The molecule has 1 heterocycles. The monoisotopic (exact) mass is 213 g/mol. The van der Waals surface area contributed by atoms with E-state index in [0.29, 0.717) is 0 Å². The zero-order valence-electron chi connectivity index (χ0n) is 9.54. The normalized spacial score (nSPS) is 10.1. The number of nitrogens with zero attached hydrogens (tertiary/aromatic N) is 1. The van der Waals surface area contributed by atoms with Crippen LogP contribution in [0.4, 0.5) is 5.69 Å². The number of aromatic amines is 1. The first-order chi connectivity index (χ1) is 7.68. The van der Waals surface area contributed by atoms with Gasteiger partial charge >= 0.3 is 0 Å². The number of aryl methyl sites for hydroxylation is 2. The number of para-hydroxylation sites is 1. The van der Waals surface area contributed by atoms with Crippen LogP contribution in [-0.4, -0.2) is 10.2 Å². The molecule has 2 N–H and O–H groups in total. The summed E-state index contributed by atoms with van der Waals surface area (Å²) in [6.45, 7) is 8.08. The van der Waals surface area contributed by atoms with Crippen molar-refractivity contribution in [1.29, 1.82) is 0 Å². The summed E-state index contributed by atoms with van der Waals surface area (Å²) in [5, 5.41) is 10.2. The van der Waals surface area contributed by atoms with Gasteiger partial charge < -0.3 is 5.32 Å². The Labute approximate surface area is 95.2 Å². The summed E-state index contributed by atoms with van der Waals surface area (Å²) in [6.07, 6.45) is 1.79. The molecule has 0 fully saturated rings. The van der Waals surface area contributed by atoms with E-state index in [1.807, 2.05) is 25.1 Å². The number of rotatable bonds is 3. The molecule has 2 aromatic rings. The van der Waals surface area contributed by atoms with Crippen molar-refractivity contribution < 1.29 is 0 Å². The molecule has 82 valence electrons. The fraction of sp³-hybridized carbons (Fsp3) is 0.154. The topological polar surface area (TPSA) is 40.7 Å². The predicted molar refractivity (Wildman–Crippen MR) is 67.2 cm³/mol. The number of H-pyrrole nitrogens is 1. The van der Waals surface area contributed by atoms with E-state index >= 15 is 0 Å². The zero-order chi connectivity index (χ0) is 11.5. The Morgan fingerprint density at radius 1 is 1.25 bits per heavy atom. The van der Waals surface area contributed by atoms with Crippen LogP contribution in [0, 0.1) is 13.8 Å². The SMILES string of the molecule is C=C(Nc1ccccc1C)c1[nH]ncc1C. The number of benzene rings is 1. The summed E-state index contributed by atoms with van der Waals surface area (Å²) in [5.74, 6) is 0. The summed E-state index contributed by atoms with van der Waals surface area (Å²) in [5.41, 5.74) is 5.14. The molecule has 0 unspecified atom stereocenters. The molecule has 0 aliphatic carbocycles. The van der Waals surface area contributed by atoms with Crippen LogP contribution in [0.1, 0.15) is 16.8 Å². The van der Waals surface area contributed by atoms with Crippen molar-refractivity contribution in [2.75, 3.05) is 5.32 Å². The van der Waals surface area contributed by atoms with Gasteiger partial charge in [0, 0.05) is 5.69 Å². The average Bonchev–Trinajstić information content (AvgIpc) is 2.68. The first kappa shape index (κ1) is 10.5. The van der Waals surface area contributed by atoms with Crippen molar-refractivity contribution in [2.45, 2.75) is 13.8 Å². The fourth-order valence-electron chi connectivity index (χ4n) is 1.59. The molecule has 16 heavy (non-hydrogen) atoms. The number of nitrogens with one attached hydrogen (secondary N) is 2. The van der Waals surface area contributed by atoms with Gasteiger partial charge in [-0.25, -0.2) is 0 Å². The van der Waals surface area contributed by atoms with E-state index in [-0.39, 0.29) is 0 Å². The van der Waals surface area contributed by atoms with Crippen LogP contribution in [-0.2, 0) is 0 Å². The van der Waals surface area contributed by atoms with Crippen LogP contribution in [0.15, 0.2) is 37.0 Å². The first-order valence-electron chi connectivity index (χ1n) is 5.20. The van der Waals surface area contributed by atoms with Gasteiger partial charge in [-0.1, -0.05) is 24.8 Å². The molecule has 1 aromatic heterocycles. The molecule has 0 aliphatic heterocycles. The third-order valence-corrected chi connectivity index (χ3v) is 2.56. The highest BCUT2D eigenvalue weighted by molar-refractivity contribution is 5.75. The molecule has 3 nitrogen and oxygen atoms in total. The Bertz CT molecular complexity index is 511. The lowest BCUT2D eigenvalue weighted by Crippen LogP contribution is -2.00. The van der Waals surface area contributed by atoms with Crippen molar-refractivity contribution >= 4 is 11.4 Å². The molecule has 0 atom stereocenters. The van der Waals surface area contributed by atoms with E-state index in [2.05, 4.69) is 35.1 Å². The third-order valence-electron chi connectivity index (χ3n) is 2.56. The summed E-state index contributed by atoms with van der Waals surface area (Å²) < 4.78 is 0. The molecule has 1 aromatic carbocycles. The minimum atomic E-state index is 0.837. The Hall–Kier alpha value is -2.03. The Kier molecular flexibility index (Phi) is 2.77. The molecular formula is C13H15N3.